The van der Waals surface area contributed by atoms with Crippen LogP contribution in [0.15, 0.2) is 18.2 Å². The third kappa shape index (κ3) is 6.30. The summed E-state index contributed by atoms with van der Waals surface area (Å²) in [6.45, 7) is 2.34. The van der Waals surface area contributed by atoms with Gasteiger partial charge >= 0.3 is 5.97 Å². The van der Waals surface area contributed by atoms with Crippen molar-refractivity contribution in [3.8, 4) is 23.8 Å². The second-order valence-corrected chi connectivity index (χ2v) is 4.62. The van der Waals surface area contributed by atoms with E-state index in [9.17, 15) is 9.59 Å². The van der Waals surface area contributed by atoms with Crippen molar-refractivity contribution in [3.05, 3.63) is 23.8 Å². The van der Waals surface area contributed by atoms with Crippen LogP contribution >= 0.6 is 0 Å². The number of benzene rings is 1. The first-order valence-corrected chi connectivity index (χ1v) is 7.30. The van der Waals surface area contributed by atoms with Gasteiger partial charge in [0.15, 0.2) is 18.1 Å². The van der Waals surface area contributed by atoms with Crippen LogP contribution in [-0.4, -0.2) is 38.7 Å². The van der Waals surface area contributed by atoms with Crippen LogP contribution in [0.5, 0.6) is 11.5 Å². The number of nitrogens with one attached hydrogen (secondary N) is 1. The summed E-state index contributed by atoms with van der Waals surface area (Å²) in [7, 11) is 1.49. The molecule has 0 spiro atoms. The Morgan fingerprint density at radius 3 is 2.74 bits per heavy atom. The molecular weight excluding hydrogens is 298 g/mol. The normalized spacial score (nSPS) is 9.61. The standard InChI is InChI=1S/C17H21NO5/c1-4-6-10-22-14-8-7-13(11-15(14)21-3)17(20)23-12-16(19)18-9-5-2/h2,7-8,11H,4,6,9-10,12H2,1,3H3,(H,18,19). The monoisotopic (exact) mass is 319 g/mol. The molecule has 0 fully saturated rings. The van der Waals surface area contributed by atoms with Gasteiger partial charge in [-0.3, -0.25) is 4.79 Å². The number of methoxy groups -OCH3 is 1. The molecule has 0 saturated carbocycles. The number of terminal acetylenes is 1. The highest BCUT2D eigenvalue weighted by atomic mass is 16.5. The molecule has 0 bridgehead atoms. The van der Waals surface area contributed by atoms with Crippen molar-refractivity contribution in [2.24, 2.45) is 0 Å². The lowest BCUT2D eigenvalue weighted by Gasteiger charge is -2.11. The third-order valence-electron chi connectivity index (χ3n) is 2.88. The molecule has 0 aromatic heterocycles. The summed E-state index contributed by atoms with van der Waals surface area (Å²) in [5.74, 6) is 2.17. The molecule has 1 aromatic carbocycles. The summed E-state index contributed by atoms with van der Waals surface area (Å²) in [6.07, 6.45) is 6.97. The Bertz CT molecular complexity index is 577. The molecule has 6 heteroatoms. The van der Waals surface area contributed by atoms with Gasteiger partial charge in [-0.1, -0.05) is 19.3 Å². The van der Waals surface area contributed by atoms with Crippen LogP contribution in [0.3, 0.4) is 0 Å². The first kappa shape index (κ1) is 18.4. The number of amides is 1. The van der Waals surface area contributed by atoms with E-state index in [1.54, 1.807) is 12.1 Å². The van der Waals surface area contributed by atoms with Crippen LogP contribution in [0.1, 0.15) is 30.1 Å². The Morgan fingerprint density at radius 2 is 2.09 bits per heavy atom. The lowest BCUT2D eigenvalue weighted by Crippen LogP contribution is -2.29. The van der Waals surface area contributed by atoms with Crippen molar-refractivity contribution >= 4 is 11.9 Å². The predicted octanol–water partition coefficient (Wildman–Crippen LogP) is 1.78. The Balaban J connectivity index is 2.64. The maximum atomic E-state index is 11.9. The number of unbranched alkanes of at least 4 members (excludes halogenated alkanes) is 1. The minimum absolute atomic E-state index is 0.0913. The second-order valence-electron chi connectivity index (χ2n) is 4.62. The van der Waals surface area contributed by atoms with Gasteiger partial charge in [0.05, 0.1) is 25.8 Å². The van der Waals surface area contributed by atoms with Crippen molar-refractivity contribution < 1.29 is 23.8 Å². The Kier molecular flexibility index (Phi) is 8.08. The summed E-state index contributed by atoms with van der Waals surface area (Å²) in [5, 5.41) is 2.40. The van der Waals surface area contributed by atoms with Gasteiger partial charge in [-0.25, -0.2) is 4.79 Å². The number of esters is 1. The molecule has 0 atom stereocenters. The van der Waals surface area contributed by atoms with Crippen molar-refractivity contribution in [3.63, 3.8) is 0 Å². The summed E-state index contributed by atoms with van der Waals surface area (Å²) in [4.78, 5) is 23.3. The van der Waals surface area contributed by atoms with Crippen molar-refractivity contribution in [2.75, 3.05) is 26.9 Å². The largest absolute Gasteiger partial charge is 0.493 e. The molecule has 1 amide bonds. The highest BCUT2D eigenvalue weighted by molar-refractivity contribution is 5.92. The fourth-order valence-corrected chi connectivity index (χ4v) is 1.66. The highest BCUT2D eigenvalue weighted by Crippen LogP contribution is 2.28. The molecular formula is C17H21NO5. The van der Waals surface area contributed by atoms with E-state index in [0.29, 0.717) is 18.1 Å². The molecule has 124 valence electrons. The lowest BCUT2D eigenvalue weighted by atomic mass is 10.2. The molecule has 1 rings (SSSR count). The summed E-state index contributed by atoms with van der Waals surface area (Å²) in [5.41, 5.74) is 0.273. The fourth-order valence-electron chi connectivity index (χ4n) is 1.66. The van der Waals surface area contributed by atoms with E-state index >= 15 is 0 Å². The predicted molar refractivity (Wildman–Crippen MR) is 85.5 cm³/mol. The van der Waals surface area contributed by atoms with E-state index in [1.807, 2.05) is 0 Å². The number of carbonyl (C=O) groups is 2. The quantitative estimate of drug-likeness (QED) is 0.427. The third-order valence-corrected chi connectivity index (χ3v) is 2.88. The van der Waals surface area contributed by atoms with Crippen LogP contribution in [0, 0.1) is 12.3 Å². The summed E-state index contributed by atoms with van der Waals surface area (Å²) >= 11 is 0. The van der Waals surface area contributed by atoms with Crippen molar-refractivity contribution in [2.45, 2.75) is 19.8 Å². The first-order chi connectivity index (χ1) is 11.1. The molecule has 0 aliphatic heterocycles. The number of hydrogen-bond donors (Lipinski definition) is 1. The smallest absolute Gasteiger partial charge is 0.338 e. The number of rotatable bonds is 9. The zero-order valence-electron chi connectivity index (χ0n) is 13.4. The van der Waals surface area contributed by atoms with Gasteiger partial charge in [-0.05, 0) is 24.6 Å². The van der Waals surface area contributed by atoms with Gasteiger partial charge in [0.1, 0.15) is 0 Å². The SMILES string of the molecule is C#CCNC(=O)COC(=O)c1ccc(OCCCC)c(OC)c1. The summed E-state index contributed by atoms with van der Waals surface area (Å²) in [6, 6.07) is 4.72. The Hall–Kier alpha value is -2.68. The fraction of sp³-hybridized carbons (Fsp3) is 0.412. The molecule has 6 nitrogen and oxygen atoms in total. The molecule has 0 aliphatic rings. The average molecular weight is 319 g/mol. The zero-order valence-corrected chi connectivity index (χ0v) is 13.4. The van der Waals surface area contributed by atoms with E-state index in [1.165, 1.54) is 13.2 Å². The van der Waals surface area contributed by atoms with Crippen LogP contribution < -0.4 is 14.8 Å². The van der Waals surface area contributed by atoms with Crippen molar-refractivity contribution in [1.29, 1.82) is 0 Å². The van der Waals surface area contributed by atoms with Crippen LogP contribution in [0.25, 0.3) is 0 Å². The number of ether oxygens (including phenoxy) is 3. The van der Waals surface area contributed by atoms with Crippen LogP contribution in [0.4, 0.5) is 0 Å². The van der Waals surface area contributed by atoms with Crippen molar-refractivity contribution in [1.82, 2.24) is 5.32 Å². The first-order valence-electron chi connectivity index (χ1n) is 7.30. The maximum absolute atomic E-state index is 11.9. The molecule has 0 unspecified atom stereocenters. The molecule has 0 saturated heterocycles. The molecule has 1 N–H and O–H groups in total. The van der Waals surface area contributed by atoms with E-state index in [2.05, 4.69) is 18.2 Å². The minimum Gasteiger partial charge on any atom is -0.493 e. The van der Waals surface area contributed by atoms with Crippen LogP contribution in [-0.2, 0) is 9.53 Å². The molecule has 23 heavy (non-hydrogen) atoms. The molecule has 0 heterocycles. The number of hydrogen-bond acceptors (Lipinski definition) is 5. The zero-order chi connectivity index (χ0) is 17.1. The van der Waals surface area contributed by atoms with Gasteiger partial charge in [0, 0.05) is 0 Å². The Morgan fingerprint density at radius 1 is 1.30 bits per heavy atom. The van der Waals surface area contributed by atoms with E-state index in [0.717, 1.165) is 12.8 Å². The van der Waals surface area contributed by atoms with Crippen LogP contribution in [0.2, 0.25) is 0 Å². The molecule has 0 radical (unpaired) electrons. The highest BCUT2D eigenvalue weighted by Gasteiger charge is 2.13. The Labute approximate surface area is 136 Å². The summed E-state index contributed by atoms with van der Waals surface area (Å²) < 4.78 is 15.7. The average Bonchev–Trinajstić information content (AvgIpc) is 2.58. The van der Waals surface area contributed by atoms with E-state index in [-0.39, 0.29) is 12.1 Å². The van der Waals surface area contributed by atoms with Gasteiger partial charge in [-0.2, -0.15) is 0 Å². The lowest BCUT2D eigenvalue weighted by molar-refractivity contribution is -0.123. The minimum atomic E-state index is -0.626. The molecule has 0 aliphatic carbocycles. The van der Waals surface area contributed by atoms with Gasteiger partial charge < -0.3 is 19.5 Å². The maximum Gasteiger partial charge on any atom is 0.338 e. The molecule has 1 aromatic rings. The van der Waals surface area contributed by atoms with Gasteiger partial charge in [0.2, 0.25) is 0 Å². The topological polar surface area (TPSA) is 73.9 Å². The number of carbonyl (C=O) groups excluding carboxylic acids is 2. The second kappa shape index (κ2) is 10.1. The van der Waals surface area contributed by atoms with E-state index < -0.39 is 18.5 Å². The van der Waals surface area contributed by atoms with Gasteiger partial charge in [-0.15, -0.1) is 6.42 Å². The van der Waals surface area contributed by atoms with Gasteiger partial charge in [0.25, 0.3) is 5.91 Å². The van der Waals surface area contributed by atoms with E-state index in [4.69, 9.17) is 20.6 Å².